The summed E-state index contributed by atoms with van der Waals surface area (Å²) in [4.78, 5) is 19.5. The second-order valence-corrected chi connectivity index (χ2v) is 5.31. The molecule has 0 aliphatic heterocycles. The molecule has 3 rings (SSSR count). The lowest BCUT2D eigenvalue weighted by atomic mass is 10.2. The molecule has 22 heavy (non-hydrogen) atoms. The topological polar surface area (TPSA) is 75.6 Å². The number of benzene rings is 1. The standard InChI is InChI=1S/C16H19N5O/c1-11-18-12(2)21(20-11)9-5-8-17-16(22)15-10-13-6-3-4-7-14(13)19-15/h3-4,6-7,10,19H,5,8-9H2,1-2H3,(H,17,22). The predicted octanol–water partition coefficient (Wildman–Crippen LogP) is 2.20. The van der Waals surface area contributed by atoms with Gasteiger partial charge in [0.05, 0.1) is 0 Å². The van der Waals surface area contributed by atoms with Crippen LogP contribution in [0.1, 0.15) is 28.6 Å². The smallest absolute Gasteiger partial charge is 0.267 e. The molecule has 1 aromatic carbocycles. The van der Waals surface area contributed by atoms with Crippen LogP contribution in [-0.2, 0) is 6.54 Å². The first-order valence-corrected chi connectivity index (χ1v) is 7.37. The van der Waals surface area contributed by atoms with Crippen LogP contribution in [0.25, 0.3) is 10.9 Å². The quantitative estimate of drug-likeness (QED) is 0.709. The highest BCUT2D eigenvalue weighted by molar-refractivity contribution is 5.97. The highest BCUT2D eigenvalue weighted by Gasteiger charge is 2.08. The Morgan fingerprint density at radius 2 is 2.14 bits per heavy atom. The van der Waals surface area contributed by atoms with E-state index in [1.54, 1.807) is 0 Å². The van der Waals surface area contributed by atoms with Gasteiger partial charge in [0, 0.05) is 24.0 Å². The van der Waals surface area contributed by atoms with Gasteiger partial charge in [0.25, 0.3) is 5.91 Å². The molecule has 6 heteroatoms. The van der Waals surface area contributed by atoms with Crippen LogP contribution in [0.3, 0.4) is 0 Å². The van der Waals surface area contributed by atoms with Crippen molar-refractivity contribution in [1.29, 1.82) is 0 Å². The summed E-state index contributed by atoms with van der Waals surface area (Å²) in [6.07, 6.45) is 0.815. The van der Waals surface area contributed by atoms with Crippen molar-refractivity contribution in [3.8, 4) is 0 Å². The minimum atomic E-state index is -0.0808. The van der Waals surface area contributed by atoms with E-state index in [1.165, 1.54) is 0 Å². The van der Waals surface area contributed by atoms with Gasteiger partial charge in [-0.25, -0.2) is 4.98 Å². The first kappa shape index (κ1) is 14.3. The molecule has 6 nitrogen and oxygen atoms in total. The Morgan fingerprint density at radius 3 is 2.86 bits per heavy atom. The zero-order valence-electron chi connectivity index (χ0n) is 12.8. The van der Waals surface area contributed by atoms with Gasteiger partial charge in [0.1, 0.15) is 17.3 Å². The number of carbonyl (C=O) groups excluding carboxylic acids is 1. The van der Waals surface area contributed by atoms with E-state index in [2.05, 4.69) is 20.4 Å². The molecule has 0 saturated heterocycles. The van der Waals surface area contributed by atoms with Crippen molar-refractivity contribution in [1.82, 2.24) is 25.1 Å². The van der Waals surface area contributed by atoms with Crippen LogP contribution < -0.4 is 5.32 Å². The first-order valence-electron chi connectivity index (χ1n) is 7.37. The number of hydrogen-bond acceptors (Lipinski definition) is 3. The number of nitrogens with one attached hydrogen (secondary N) is 2. The Hall–Kier alpha value is -2.63. The number of para-hydroxylation sites is 1. The third kappa shape index (κ3) is 3.00. The largest absolute Gasteiger partial charge is 0.351 e. The van der Waals surface area contributed by atoms with Gasteiger partial charge >= 0.3 is 0 Å². The van der Waals surface area contributed by atoms with Gasteiger partial charge in [-0.2, -0.15) is 5.10 Å². The number of rotatable bonds is 5. The maximum absolute atomic E-state index is 12.1. The molecule has 0 atom stereocenters. The van der Waals surface area contributed by atoms with E-state index in [9.17, 15) is 4.79 Å². The molecule has 1 amide bonds. The SMILES string of the molecule is Cc1nc(C)n(CCCNC(=O)c2cc3ccccc3[nH]2)n1. The second kappa shape index (κ2) is 6.01. The van der Waals surface area contributed by atoms with Crippen molar-refractivity contribution in [2.45, 2.75) is 26.8 Å². The van der Waals surface area contributed by atoms with Crippen molar-refractivity contribution in [3.05, 3.63) is 47.7 Å². The number of H-pyrrole nitrogens is 1. The van der Waals surface area contributed by atoms with E-state index >= 15 is 0 Å². The number of carbonyl (C=O) groups is 1. The number of fused-ring (bicyclic) bond motifs is 1. The van der Waals surface area contributed by atoms with Crippen molar-refractivity contribution in [2.24, 2.45) is 0 Å². The average molecular weight is 297 g/mol. The van der Waals surface area contributed by atoms with E-state index in [-0.39, 0.29) is 5.91 Å². The van der Waals surface area contributed by atoms with Gasteiger partial charge < -0.3 is 10.3 Å². The molecule has 114 valence electrons. The van der Waals surface area contributed by atoms with Crippen LogP contribution in [0.2, 0.25) is 0 Å². The summed E-state index contributed by atoms with van der Waals surface area (Å²) in [6, 6.07) is 9.72. The Labute approximate surface area is 128 Å². The number of amides is 1. The predicted molar refractivity (Wildman–Crippen MR) is 84.7 cm³/mol. The van der Waals surface area contributed by atoms with E-state index in [0.717, 1.165) is 35.5 Å². The lowest BCUT2D eigenvalue weighted by Crippen LogP contribution is -2.25. The van der Waals surface area contributed by atoms with Gasteiger partial charge in [0.2, 0.25) is 0 Å². The monoisotopic (exact) mass is 297 g/mol. The number of hydrogen-bond donors (Lipinski definition) is 2. The summed E-state index contributed by atoms with van der Waals surface area (Å²) >= 11 is 0. The van der Waals surface area contributed by atoms with Gasteiger partial charge in [-0.05, 0) is 32.4 Å². The van der Waals surface area contributed by atoms with Crippen LogP contribution in [0.15, 0.2) is 30.3 Å². The fraction of sp³-hybridized carbons (Fsp3) is 0.312. The third-order valence-electron chi connectivity index (χ3n) is 3.57. The number of aromatic amines is 1. The van der Waals surface area contributed by atoms with E-state index in [4.69, 9.17) is 0 Å². The fourth-order valence-corrected chi connectivity index (χ4v) is 2.49. The minimum Gasteiger partial charge on any atom is -0.351 e. The number of aromatic nitrogens is 4. The molecule has 0 fully saturated rings. The van der Waals surface area contributed by atoms with Gasteiger partial charge in [-0.3, -0.25) is 9.48 Å². The minimum absolute atomic E-state index is 0.0808. The number of nitrogens with zero attached hydrogens (tertiary/aromatic N) is 3. The summed E-state index contributed by atoms with van der Waals surface area (Å²) in [5, 5.41) is 8.27. The summed E-state index contributed by atoms with van der Waals surface area (Å²) in [6.45, 7) is 5.16. The zero-order chi connectivity index (χ0) is 15.5. The molecule has 0 bridgehead atoms. The van der Waals surface area contributed by atoms with Crippen molar-refractivity contribution in [2.75, 3.05) is 6.54 Å². The molecule has 0 unspecified atom stereocenters. The summed E-state index contributed by atoms with van der Waals surface area (Å²) in [5.41, 5.74) is 1.57. The lowest BCUT2D eigenvalue weighted by molar-refractivity contribution is 0.0948. The molecule has 2 N–H and O–H groups in total. The Kier molecular flexibility index (Phi) is 3.91. The molecule has 0 radical (unpaired) electrons. The van der Waals surface area contributed by atoms with E-state index < -0.39 is 0 Å². The maximum Gasteiger partial charge on any atom is 0.267 e. The van der Waals surface area contributed by atoms with Gasteiger partial charge in [0.15, 0.2) is 0 Å². The molecule has 2 heterocycles. The Morgan fingerprint density at radius 1 is 1.32 bits per heavy atom. The molecular weight excluding hydrogens is 278 g/mol. The summed E-state index contributed by atoms with van der Waals surface area (Å²) < 4.78 is 1.87. The Bertz CT molecular complexity index is 769. The van der Waals surface area contributed by atoms with Crippen LogP contribution in [0.5, 0.6) is 0 Å². The van der Waals surface area contributed by atoms with E-state index in [0.29, 0.717) is 12.2 Å². The fourth-order valence-electron chi connectivity index (χ4n) is 2.49. The molecular formula is C16H19N5O. The second-order valence-electron chi connectivity index (χ2n) is 5.31. The van der Waals surface area contributed by atoms with Crippen LogP contribution >= 0.6 is 0 Å². The molecule has 3 aromatic rings. The molecule has 0 spiro atoms. The first-order chi connectivity index (χ1) is 10.6. The van der Waals surface area contributed by atoms with E-state index in [1.807, 2.05) is 48.9 Å². The third-order valence-corrected chi connectivity index (χ3v) is 3.57. The summed E-state index contributed by atoms with van der Waals surface area (Å²) in [7, 11) is 0. The van der Waals surface area contributed by atoms with Crippen LogP contribution in [0.4, 0.5) is 0 Å². The van der Waals surface area contributed by atoms with Gasteiger partial charge in [-0.15, -0.1) is 0 Å². The Balaban J connectivity index is 1.53. The molecule has 0 aliphatic rings. The molecule has 0 aliphatic carbocycles. The average Bonchev–Trinajstić information content (AvgIpc) is 3.06. The highest BCUT2D eigenvalue weighted by atomic mass is 16.1. The zero-order valence-corrected chi connectivity index (χ0v) is 12.8. The van der Waals surface area contributed by atoms with Crippen molar-refractivity contribution < 1.29 is 4.79 Å². The van der Waals surface area contributed by atoms with Crippen molar-refractivity contribution in [3.63, 3.8) is 0 Å². The molecule has 0 saturated carbocycles. The van der Waals surface area contributed by atoms with Crippen LogP contribution in [0, 0.1) is 13.8 Å². The van der Waals surface area contributed by atoms with Crippen molar-refractivity contribution >= 4 is 16.8 Å². The number of aryl methyl sites for hydroxylation is 3. The molecule has 2 aromatic heterocycles. The van der Waals surface area contributed by atoms with Gasteiger partial charge in [-0.1, -0.05) is 18.2 Å². The lowest BCUT2D eigenvalue weighted by Gasteiger charge is -2.05. The normalized spacial score (nSPS) is 11.0. The highest BCUT2D eigenvalue weighted by Crippen LogP contribution is 2.14. The summed E-state index contributed by atoms with van der Waals surface area (Å²) in [5.74, 6) is 1.60. The van der Waals surface area contributed by atoms with Crippen LogP contribution in [-0.4, -0.2) is 32.2 Å². The maximum atomic E-state index is 12.1.